The van der Waals surface area contributed by atoms with Crippen LogP contribution in [0.15, 0.2) is 0 Å². The van der Waals surface area contributed by atoms with E-state index in [4.69, 9.17) is 15.2 Å². The van der Waals surface area contributed by atoms with Crippen molar-refractivity contribution in [1.82, 2.24) is 4.90 Å². The molecule has 2 aliphatic rings. The Balaban J connectivity index is 1.97. The summed E-state index contributed by atoms with van der Waals surface area (Å²) >= 11 is 0. The maximum absolute atomic E-state index is 11.9. The Kier molecular flexibility index (Phi) is 4.25. The van der Waals surface area contributed by atoms with Crippen LogP contribution in [0.5, 0.6) is 0 Å². The van der Waals surface area contributed by atoms with Crippen molar-refractivity contribution in [2.24, 2.45) is 11.7 Å². The number of rotatable bonds is 5. The summed E-state index contributed by atoms with van der Waals surface area (Å²) in [6.07, 6.45) is 4.09. The van der Waals surface area contributed by atoms with Crippen LogP contribution in [-0.2, 0) is 14.3 Å². The number of hydrogen-bond acceptors (Lipinski definition) is 5. The molecule has 1 saturated carbocycles. The molecule has 1 atom stereocenters. The highest BCUT2D eigenvalue weighted by molar-refractivity contribution is 5.81. The number of nitrogens with two attached hydrogens (primary N) is 1. The van der Waals surface area contributed by atoms with Crippen LogP contribution in [0.4, 0.5) is 0 Å². The lowest BCUT2D eigenvalue weighted by Crippen LogP contribution is -2.59. The Labute approximate surface area is 109 Å². The molecule has 0 aromatic carbocycles. The third-order valence-corrected chi connectivity index (χ3v) is 4.20. The van der Waals surface area contributed by atoms with E-state index in [1.165, 1.54) is 7.11 Å². The van der Waals surface area contributed by atoms with Gasteiger partial charge in [0.15, 0.2) is 0 Å². The number of esters is 1. The minimum atomic E-state index is -0.832. The summed E-state index contributed by atoms with van der Waals surface area (Å²) in [6.45, 7) is 2.18. The molecule has 18 heavy (non-hydrogen) atoms. The minimum Gasteiger partial charge on any atom is -0.468 e. The number of carbonyl (C=O) groups is 1. The minimum absolute atomic E-state index is 0.274. The predicted molar refractivity (Wildman–Crippen MR) is 68.1 cm³/mol. The quantitative estimate of drug-likeness (QED) is 0.720. The van der Waals surface area contributed by atoms with Crippen molar-refractivity contribution in [1.29, 1.82) is 0 Å². The molecule has 0 amide bonds. The van der Waals surface area contributed by atoms with Crippen molar-refractivity contribution in [2.75, 3.05) is 33.9 Å². The van der Waals surface area contributed by atoms with E-state index < -0.39 is 5.54 Å². The second-order valence-electron chi connectivity index (χ2n) is 5.56. The number of carbonyl (C=O) groups excluding carboxylic acids is 1. The van der Waals surface area contributed by atoms with E-state index in [-0.39, 0.29) is 11.9 Å². The van der Waals surface area contributed by atoms with Crippen LogP contribution >= 0.6 is 0 Å². The molecule has 0 aromatic heterocycles. The first kappa shape index (κ1) is 13.8. The maximum atomic E-state index is 11.9. The van der Waals surface area contributed by atoms with Crippen LogP contribution in [0, 0.1) is 5.92 Å². The first-order chi connectivity index (χ1) is 8.58. The van der Waals surface area contributed by atoms with Crippen LogP contribution in [0.2, 0.25) is 0 Å². The number of ether oxygens (including phenoxy) is 2. The highest BCUT2D eigenvalue weighted by Gasteiger charge is 2.50. The molecule has 1 aliphatic carbocycles. The molecule has 1 heterocycles. The molecule has 2 fully saturated rings. The monoisotopic (exact) mass is 256 g/mol. The van der Waals surface area contributed by atoms with Crippen LogP contribution in [0.3, 0.4) is 0 Å². The largest absolute Gasteiger partial charge is 0.468 e. The zero-order valence-corrected chi connectivity index (χ0v) is 11.4. The summed E-state index contributed by atoms with van der Waals surface area (Å²) < 4.78 is 10.2. The van der Waals surface area contributed by atoms with E-state index in [2.05, 4.69) is 4.90 Å². The average Bonchev–Trinajstić information content (AvgIpc) is 3.23. The molecular weight excluding hydrogens is 232 g/mol. The van der Waals surface area contributed by atoms with Gasteiger partial charge in [-0.05, 0) is 38.6 Å². The highest BCUT2D eigenvalue weighted by Crippen LogP contribution is 2.39. The van der Waals surface area contributed by atoms with E-state index >= 15 is 0 Å². The zero-order valence-electron chi connectivity index (χ0n) is 11.4. The van der Waals surface area contributed by atoms with Gasteiger partial charge in [-0.1, -0.05) is 0 Å². The summed E-state index contributed by atoms with van der Waals surface area (Å²) in [4.78, 5) is 14.1. The van der Waals surface area contributed by atoms with E-state index in [0.717, 1.165) is 38.9 Å². The predicted octanol–water partition coefficient (Wildman–Crippen LogP) is 0.378. The topological polar surface area (TPSA) is 64.8 Å². The van der Waals surface area contributed by atoms with Crippen LogP contribution in [0.25, 0.3) is 0 Å². The van der Waals surface area contributed by atoms with Crippen LogP contribution < -0.4 is 5.73 Å². The summed E-state index contributed by atoms with van der Waals surface area (Å²) in [5.41, 5.74) is 5.49. The maximum Gasteiger partial charge on any atom is 0.327 e. The van der Waals surface area contributed by atoms with Crippen molar-refractivity contribution in [3.05, 3.63) is 0 Å². The van der Waals surface area contributed by atoms with Gasteiger partial charge in [0.25, 0.3) is 0 Å². The van der Waals surface area contributed by atoms with Crippen LogP contribution in [0.1, 0.15) is 25.7 Å². The number of hydrogen-bond donors (Lipinski definition) is 1. The lowest BCUT2D eigenvalue weighted by molar-refractivity contribution is -0.149. The third kappa shape index (κ3) is 2.84. The molecule has 2 N–H and O–H groups in total. The molecule has 5 heteroatoms. The molecule has 5 nitrogen and oxygen atoms in total. The number of nitrogens with zero attached hydrogens (tertiary/aromatic N) is 1. The van der Waals surface area contributed by atoms with Gasteiger partial charge in [0.1, 0.15) is 5.54 Å². The van der Waals surface area contributed by atoms with Gasteiger partial charge in [0.2, 0.25) is 0 Å². The van der Waals surface area contributed by atoms with Gasteiger partial charge in [0, 0.05) is 25.8 Å². The first-order valence-electron chi connectivity index (χ1n) is 6.73. The normalized spacial score (nSPS) is 24.9. The second-order valence-corrected chi connectivity index (χ2v) is 5.56. The molecule has 1 saturated heterocycles. The van der Waals surface area contributed by atoms with E-state index in [0.29, 0.717) is 12.6 Å². The van der Waals surface area contributed by atoms with Crippen molar-refractivity contribution in [2.45, 2.75) is 37.3 Å². The van der Waals surface area contributed by atoms with E-state index in [9.17, 15) is 4.79 Å². The summed E-state index contributed by atoms with van der Waals surface area (Å²) in [7, 11) is 3.46. The fourth-order valence-electron chi connectivity index (χ4n) is 2.82. The first-order valence-corrected chi connectivity index (χ1v) is 6.73. The van der Waals surface area contributed by atoms with Crippen molar-refractivity contribution in [3.8, 4) is 0 Å². The van der Waals surface area contributed by atoms with Crippen molar-refractivity contribution in [3.63, 3.8) is 0 Å². The van der Waals surface area contributed by atoms with Gasteiger partial charge in [-0.25, -0.2) is 0 Å². The average molecular weight is 256 g/mol. The second kappa shape index (κ2) is 5.55. The molecule has 0 aromatic rings. The van der Waals surface area contributed by atoms with Crippen molar-refractivity contribution >= 4 is 5.97 Å². The smallest absolute Gasteiger partial charge is 0.327 e. The molecular formula is C13H24N2O3. The Morgan fingerprint density at radius 1 is 1.39 bits per heavy atom. The molecule has 0 spiro atoms. The summed E-state index contributed by atoms with van der Waals surface area (Å²) in [5, 5.41) is 0. The standard InChI is InChI=1S/C13H24N2O3/c1-15(11-5-7-18-8-6-11)9-13(14,10-3-4-10)12(16)17-2/h10-11H,3-9,14H2,1-2H3. The number of methoxy groups -OCH3 is 1. The number of likely N-dealkylation sites (N-methyl/N-ethyl adjacent to an activating group) is 1. The lowest BCUT2D eigenvalue weighted by Gasteiger charge is -2.37. The molecule has 1 aliphatic heterocycles. The Morgan fingerprint density at radius 2 is 2.00 bits per heavy atom. The van der Waals surface area contributed by atoms with Gasteiger partial charge < -0.3 is 20.1 Å². The third-order valence-electron chi connectivity index (χ3n) is 4.20. The van der Waals surface area contributed by atoms with Crippen molar-refractivity contribution < 1.29 is 14.3 Å². The van der Waals surface area contributed by atoms with E-state index in [1.807, 2.05) is 7.05 Å². The van der Waals surface area contributed by atoms with Gasteiger partial charge in [-0.3, -0.25) is 4.79 Å². The molecule has 0 radical (unpaired) electrons. The molecule has 0 bridgehead atoms. The fourth-order valence-corrected chi connectivity index (χ4v) is 2.82. The Morgan fingerprint density at radius 3 is 2.50 bits per heavy atom. The highest BCUT2D eigenvalue weighted by atomic mass is 16.5. The fraction of sp³-hybridized carbons (Fsp3) is 0.923. The van der Waals surface area contributed by atoms with Gasteiger partial charge in [-0.2, -0.15) is 0 Å². The zero-order chi connectivity index (χ0) is 13.2. The molecule has 104 valence electrons. The molecule has 2 rings (SSSR count). The summed E-state index contributed by atoms with van der Waals surface area (Å²) in [6, 6.07) is 0.463. The Hall–Kier alpha value is -0.650. The van der Waals surface area contributed by atoms with Gasteiger partial charge in [-0.15, -0.1) is 0 Å². The SMILES string of the molecule is COC(=O)C(N)(CN(C)C1CCOCC1)C1CC1. The summed E-state index contributed by atoms with van der Waals surface area (Å²) in [5.74, 6) is 0.0103. The lowest BCUT2D eigenvalue weighted by atomic mass is 9.92. The van der Waals surface area contributed by atoms with E-state index in [1.54, 1.807) is 0 Å². The van der Waals surface area contributed by atoms with Gasteiger partial charge >= 0.3 is 5.97 Å². The molecule has 1 unspecified atom stereocenters. The van der Waals surface area contributed by atoms with Gasteiger partial charge in [0.05, 0.1) is 7.11 Å². The Bertz CT molecular complexity index is 301. The van der Waals surface area contributed by atoms with Crippen LogP contribution in [-0.4, -0.2) is 56.4 Å².